The van der Waals surface area contributed by atoms with Gasteiger partial charge >= 0.3 is 0 Å². The predicted octanol–water partition coefficient (Wildman–Crippen LogP) is 4.17. The van der Waals surface area contributed by atoms with Gasteiger partial charge in [-0.1, -0.05) is 49.7 Å². The molecule has 0 spiro atoms. The van der Waals surface area contributed by atoms with E-state index in [2.05, 4.69) is 25.9 Å². The number of benzene rings is 1. The van der Waals surface area contributed by atoms with Crippen LogP contribution in [0.5, 0.6) is 0 Å². The van der Waals surface area contributed by atoms with Gasteiger partial charge in [-0.25, -0.2) is 0 Å². The molecule has 0 saturated heterocycles. The van der Waals surface area contributed by atoms with Crippen molar-refractivity contribution >= 4 is 17.5 Å². The Bertz CT molecular complexity index is 538. The van der Waals surface area contributed by atoms with E-state index in [0.29, 0.717) is 10.9 Å². The van der Waals surface area contributed by atoms with Gasteiger partial charge in [0.25, 0.3) is 0 Å². The van der Waals surface area contributed by atoms with Gasteiger partial charge in [0.15, 0.2) is 0 Å². The van der Waals surface area contributed by atoms with Gasteiger partial charge in [-0.05, 0) is 29.5 Å². The number of hydrogen-bond donors (Lipinski definition) is 1. The molecule has 96 valence electrons. The Balaban J connectivity index is 2.43. The maximum Gasteiger partial charge on any atom is 0.230 e. The Morgan fingerprint density at radius 1 is 1.22 bits per heavy atom. The summed E-state index contributed by atoms with van der Waals surface area (Å²) in [6, 6.07) is 7.53. The molecule has 2 rings (SSSR count). The molecule has 0 fully saturated rings. The molecule has 0 aliphatic rings. The molecule has 18 heavy (non-hydrogen) atoms. The molecule has 0 bridgehead atoms. The average Bonchev–Trinajstić information content (AvgIpc) is 2.59. The second-order valence-corrected chi connectivity index (χ2v) is 6.05. The van der Waals surface area contributed by atoms with Crippen molar-refractivity contribution in [3.05, 3.63) is 35.0 Å². The van der Waals surface area contributed by atoms with Crippen molar-refractivity contribution in [3.63, 3.8) is 0 Å². The van der Waals surface area contributed by atoms with E-state index in [1.54, 1.807) is 0 Å². The second kappa shape index (κ2) is 4.65. The number of nitrogens with two attached hydrogens (primary N) is 1. The summed E-state index contributed by atoms with van der Waals surface area (Å²) >= 11 is 5.89. The minimum atomic E-state index is 0.129. The third kappa shape index (κ3) is 2.85. The zero-order valence-corrected chi connectivity index (χ0v) is 11.6. The lowest BCUT2D eigenvalue weighted by Gasteiger charge is -2.16. The predicted molar refractivity (Wildman–Crippen MR) is 74.5 cm³/mol. The lowest BCUT2D eigenvalue weighted by Crippen LogP contribution is -2.10. The molecular formula is C14H17ClN2O. The summed E-state index contributed by atoms with van der Waals surface area (Å²) in [5, 5.41) is 4.77. The first kappa shape index (κ1) is 13.0. The lowest BCUT2D eigenvalue weighted by atomic mass is 9.88. The fourth-order valence-corrected chi connectivity index (χ4v) is 2.01. The topological polar surface area (TPSA) is 52.0 Å². The summed E-state index contributed by atoms with van der Waals surface area (Å²) in [5.74, 6) is 0.358. The van der Waals surface area contributed by atoms with E-state index in [1.807, 2.05) is 24.3 Å². The zero-order chi connectivity index (χ0) is 13.3. The fraction of sp³-hybridized carbons (Fsp3) is 0.357. The van der Waals surface area contributed by atoms with Crippen LogP contribution in [0, 0.1) is 5.41 Å². The SMILES string of the molecule is CC(C)(C)Cc1noc(N)c1-c1ccc(Cl)cc1. The first-order valence-corrected chi connectivity index (χ1v) is 6.24. The van der Waals surface area contributed by atoms with Crippen molar-refractivity contribution in [2.75, 3.05) is 5.73 Å². The van der Waals surface area contributed by atoms with E-state index in [0.717, 1.165) is 23.2 Å². The molecule has 1 aromatic carbocycles. The van der Waals surface area contributed by atoms with Gasteiger partial charge < -0.3 is 10.3 Å². The molecule has 0 aliphatic carbocycles. The van der Waals surface area contributed by atoms with E-state index in [4.69, 9.17) is 21.9 Å². The van der Waals surface area contributed by atoms with Crippen LogP contribution in [0.2, 0.25) is 5.02 Å². The number of hydrogen-bond acceptors (Lipinski definition) is 3. The summed E-state index contributed by atoms with van der Waals surface area (Å²) in [6.07, 6.45) is 0.811. The molecule has 4 heteroatoms. The third-order valence-corrected chi connectivity index (χ3v) is 2.87. The number of rotatable bonds is 2. The highest BCUT2D eigenvalue weighted by atomic mass is 35.5. The number of nitrogens with zero attached hydrogens (tertiary/aromatic N) is 1. The molecule has 0 radical (unpaired) electrons. The van der Waals surface area contributed by atoms with Crippen molar-refractivity contribution in [2.24, 2.45) is 5.41 Å². The second-order valence-electron chi connectivity index (χ2n) is 5.61. The van der Waals surface area contributed by atoms with Crippen LogP contribution >= 0.6 is 11.6 Å². The van der Waals surface area contributed by atoms with E-state index in [9.17, 15) is 0 Å². The van der Waals surface area contributed by atoms with Crippen LogP contribution in [-0.2, 0) is 6.42 Å². The van der Waals surface area contributed by atoms with Gasteiger partial charge in [0.05, 0.1) is 11.3 Å². The van der Waals surface area contributed by atoms with Crippen molar-refractivity contribution in [1.29, 1.82) is 0 Å². The lowest BCUT2D eigenvalue weighted by molar-refractivity contribution is 0.377. The molecule has 0 atom stereocenters. The van der Waals surface area contributed by atoms with Gasteiger partial charge in [-0.3, -0.25) is 0 Å². The van der Waals surface area contributed by atoms with Crippen LogP contribution in [0.1, 0.15) is 26.5 Å². The monoisotopic (exact) mass is 264 g/mol. The highest BCUT2D eigenvalue weighted by molar-refractivity contribution is 6.30. The minimum Gasteiger partial charge on any atom is -0.367 e. The van der Waals surface area contributed by atoms with Crippen LogP contribution in [0.15, 0.2) is 28.8 Å². The van der Waals surface area contributed by atoms with Crippen molar-refractivity contribution < 1.29 is 4.52 Å². The van der Waals surface area contributed by atoms with Crippen molar-refractivity contribution in [3.8, 4) is 11.1 Å². The largest absolute Gasteiger partial charge is 0.367 e. The van der Waals surface area contributed by atoms with Crippen LogP contribution in [0.25, 0.3) is 11.1 Å². The Hall–Kier alpha value is -1.48. The first-order chi connectivity index (χ1) is 8.37. The smallest absolute Gasteiger partial charge is 0.230 e. The third-order valence-electron chi connectivity index (χ3n) is 2.62. The Morgan fingerprint density at radius 2 is 1.83 bits per heavy atom. The van der Waals surface area contributed by atoms with Crippen molar-refractivity contribution in [1.82, 2.24) is 5.16 Å². The van der Waals surface area contributed by atoms with E-state index in [1.165, 1.54) is 0 Å². The molecule has 1 heterocycles. The van der Waals surface area contributed by atoms with E-state index < -0.39 is 0 Å². The molecule has 0 amide bonds. The quantitative estimate of drug-likeness (QED) is 0.886. The van der Waals surface area contributed by atoms with Crippen LogP contribution < -0.4 is 5.73 Å². The van der Waals surface area contributed by atoms with E-state index in [-0.39, 0.29) is 5.41 Å². The number of nitrogen functional groups attached to an aromatic ring is 1. The van der Waals surface area contributed by atoms with Crippen LogP contribution in [0.4, 0.5) is 5.88 Å². The molecule has 0 aliphatic heterocycles. The Morgan fingerprint density at radius 3 is 2.39 bits per heavy atom. The molecule has 2 aromatic rings. The normalized spacial score (nSPS) is 11.8. The molecule has 0 unspecified atom stereocenters. The van der Waals surface area contributed by atoms with Crippen LogP contribution in [-0.4, -0.2) is 5.16 Å². The van der Waals surface area contributed by atoms with Gasteiger partial charge in [0, 0.05) is 5.02 Å². The summed E-state index contributed by atoms with van der Waals surface area (Å²) in [5.41, 5.74) is 8.75. The highest BCUT2D eigenvalue weighted by Crippen LogP contribution is 2.33. The van der Waals surface area contributed by atoms with Crippen LogP contribution in [0.3, 0.4) is 0 Å². The van der Waals surface area contributed by atoms with Gasteiger partial charge in [0.1, 0.15) is 0 Å². The molecule has 1 aromatic heterocycles. The van der Waals surface area contributed by atoms with Crippen molar-refractivity contribution in [2.45, 2.75) is 27.2 Å². The molecule has 0 saturated carbocycles. The standard InChI is InChI=1S/C14H17ClN2O/c1-14(2,3)8-11-12(13(16)18-17-11)9-4-6-10(15)7-5-9/h4-7H,8,16H2,1-3H3. The van der Waals surface area contributed by atoms with Gasteiger partial charge in [-0.2, -0.15) is 0 Å². The van der Waals surface area contributed by atoms with Gasteiger partial charge in [0.2, 0.25) is 5.88 Å². The maximum absolute atomic E-state index is 5.89. The number of aromatic nitrogens is 1. The highest BCUT2D eigenvalue weighted by Gasteiger charge is 2.21. The molecular weight excluding hydrogens is 248 g/mol. The Kier molecular flexibility index (Phi) is 3.35. The number of halogens is 1. The summed E-state index contributed by atoms with van der Waals surface area (Å²) < 4.78 is 5.12. The average molecular weight is 265 g/mol. The first-order valence-electron chi connectivity index (χ1n) is 5.87. The summed E-state index contributed by atoms with van der Waals surface area (Å²) in [4.78, 5) is 0. The Labute approximate surface area is 112 Å². The summed E-state index contributed by atoms with van der Waals surface area (Å²) in [6.45, 7) is 6.47. The summed E-state index contributed by atoms with van der Waals surface area (Å²) in [7, 11) is 0. The zero-order valence-electron chi connectivity index (χ0n) is 10.8. The molecule has 2 N–H and O–H groups in total. The molecule has 3 nitrogen and oxygen atoms in total. The van der Waals surface area contributed by atoms with Gasteiger partial charge in [-0.15, -0.1) is 0 Å². The fourth-order valence-electron chi connectivity index (χ4n) is 1.89. The maximum atomic E-state index is 5.89. The van der Waals surface area contributed by atoms with E-state index >= 15 is 0 Å². The number of anilines is 1. The minimum absolute atomic E-state index is 0.129.